The molecule has 0 amide bonds. The number of benzene rings is 1. The van der Waals surface area contributed by atoms with Crippen LogP contribution in [0.25, 0.3) is 10.9 Å². The number of para-hydroxylation sites is 1. The Morgan fingerprint density at radius 1 is 1.32 bits per heavy atom. The molecular formula is C19H27IN4O. The number of guanidine groups is 1. The van der Waals surface area contributed by atoms with Crippen LogP contribution in [0.3, 0.4) is 0 Å². The fourth-order valence-electron chi connectivity index (χ4n) is 3.28. The monoisotopic (exact) mass is 454 g/mol. The average molecular weight is 454 g/mol. The van der Waals surface area contributed by atoms with Crippen molar-refractivity contribution in [3.63, 3.8) is 0 Å². The molecule has 1 aromatic heterocycles. The molecule has 0 bridgehead atoms. The van der Waals surface area contributed by atoms with Gasteiger partial charge >= 0.3 is 0 Å². The van der Waals surface area contributed by atoms with Gasteiger partial charge in [0.05, 0.1) is 12.1 Å². The first-order valence-electron chi connectivity index (χ1n) is 8.59. The maximum Gasteiger partial charge on any atom is 0.193 e. The summed E-state index contributed by atoms with van der Waals surface area (Å²) in [6.45, 7) is 3.72. The Labute approximate surface area is 166 Å². The molecule has 1 fully saturated rings. The third-order valence-corrected chi connectivity index (χ3v) is 4.52. The van der Waals surface area contributed by atoms with Crippen molar-refractivity contribution in [1.82, 2.24) is 15.2 Å². The second-order valence-electron chi connectivity index (χ2n) is 6.28. The molecule has 0 saturated carbocycles. The Bertz CT molecular complexity index is 707. The number of hydrogen-bond donors (Lipinski definition) is 1. The quantitative estimate of drug-likeness (QED) is 0.429. The Balaban J connectivity index is 0.00000225. The summed E-state index contributed by atoms with van der Waals surface area (Å²) < 4.78 is 5.27. The molecule has 5 nitrogen and oxygen atoms in total. The molecule has 1 saturated heterocycles. The Morgan fingerprint density at radius 3 is 2.96 bits per heavy atom. The molecule has 0 aliphatic carbocycles. The molecule has 2 heterocycles. The first-order chi connectivity index (χ1) is 11.8. The van der Waals surface area contributed by atoms with Gasteiger partial charge in [0.15, 0.2) is 5.96 Å². The van der Waals surface area contributed by atoms with E-state index in [9.17, 15) is 0 Å². The molecule has 2 aromatic rings. The van der Waals surface area contributed by atoms with Gasteiger partial charge in [-0.3, -0.25) is 9.98 Å². The number of nitrogens with zero attached hydrogens (tertiary/aromatic N) is 3. The summed E-state index contributed by atoms with van der Waals surface area (Å²) >= 11 is 0. The van der Waals surface area contributed by atoms with E-state index in [0.29, 0.717) is 5.92 Å². The van der Waals surface area contributed by atoms with Crippen LogP contribution >= 0.6 is 24.0 Å². The van der Waals surface area contributed by atoms with Crippen LogP contribution < -0.4 is 5.32 Å². The van der Waals surface area contributed by atoms with Crippen molar-refractivity contribution < 1.29 is 4.74 Å². The Hall–Kier alpha value is -1.41. The number of pyridine rings is 1. The van der Waals surface area contributed by atoms with E-state index in [1.807, 2.05) is 19.2 Å². The molecule has 1 N–H and O–H groups in total. The van der Waals surface area contributed by atoms with Crippen molar-refractivity contribution in [2.75, 3.05) is 40.4 Å². The van der Waals surface area contributed by atoms with Gasteiger partial charge in [0.1, 0.15) is 0 Å². The Kier molecular flexibility index (Phi) is 7.90. The van der Waals surface area contributed by atoms with Crippen LogP contribution in [0.5, 0.6) is 0 Å². The summed E-state index contributed by atoms with van der Waals surface area (Å²) in [7, 11) is 3.62. The molecule has 1 aliphatic rings. The van der Waals surface area contributed by atoms with Gasteiger partial charge in [0, 0.05) is 57.2 Å². The van der Waals surface area contributed by atoms with Crippen molar-refractivity contribution in [1.29, 1.82) is 0 Å². The van der Waals surface area contributed by atoms with Gasteiger partial charge in [0.25, 0.3) is 0 Å². The summed E-state index contributed by atoms with van der Waals surface area (Å²) in [6, 6.07) is 12.5. The number of ether oxygens (including phenoxy) is 1. The second-order valence-corrected chi connectivity index (χ2v) is 6.28. The lowest BCUT2D eigenvalue weighted by molar-refractivity contribution is 0.157. The summed E-state index contributed by atoms with van der Waals surface area (Å²) in [5.74, 6) is 1.59. The second kappa shape index (κ2) is 9.91. The number of aliphatic imine (C=N–C) groups is 1. The third kappa shape index (κ3) is 5.28. The smallest absolute Gasteiger partial charge is 0.193 e. The lowest BCUT2D eigenvalue weighted by Crippen LogP contribution is -2.41. The van der Waals surface area contributed by atoms with E-state index in [1.54, 1.807) is 7.11 Å². The minimum absolute atomic E-state index is 0. The van der Waals surface area contributed by atoms with Crippen LogP contribution in [0.1, 0.15) is 12.1 Å². The van der Waals surface area contributed by atoms with E-state index < -0.39 is 0 Å². The first-order valence-corrected chi connectivity index (χ1v) is 8.59. The van der Waals surface area contributed by atoms with Gasteiger partial charge in [-0.05, 0) is 18.6 Å². The molecule has 6 heteroatoms. The van der Waals surface area contributed by atoms with E-state index in [-0.39, 0.29) is 24.0 Å². The SMILES string of the molecule is CN=C(NCCc1ccc2ccccc2n1)N1CCC(COC)C1.I. The number of hydrogen-bond acceptors (Lipinski definition) is 3. The highest BCUT2D eigenvalue weighted by Gasteiger charge is 2.24. The summed E-state index contributed by atoms with van der Waals surface area (Å²) in [6.07, 6.45) is 2.06. The number of nitrogens with one attached hydrogen (secondary N) is 1. The summed E-state index contributed by atoms with van der Waals surface area (Å²) in [5.41, 5.74) is 2.16. The van der Waals surface area contributed by atoms with Gasteiger partial charge in [-0.15, -0.1) is 24.0 Å². The van der Waals surface area contributed by atoms with E-state index in [0.717, 1.165) is 49.8 Å². The first kappa shape index (κ1) is 19.9. The number of likely N-dealkylation sites (tertiary alicyclic amines) is 1. The molecule has 1 atom stereocenters. The molecule has 136 valence electrons. The minimum Gasteiger partial charge on any atom is -0.384 e. The lowest BCUT2D eigenvalue weighted by Gasteiger charge is -2.21. The van der Waals surface area contributed by atoms with Crippen LogP contribution in [-0.2, 0) is 11.2 Å². The van der Waals surface area contributed by atoms with E-state index >= 15 is 0 Å². The number of halogens is 1. The van der Waals surface area contributed by atoms with Gasteiger partial charge in [-0.25, -0.2) is 0 Å². The largest absolute Gasteiger partial charge is 0.384 e. The van der Waals surface area contributed by atoms with Crippen LogP contribution in [0, 0.1) is 5.92 Å². The zero-order valence-corrected chi connectivity index (χ0v) is 17.3. The molecule has 1 aromatic carbocycles. The highest BCUT2D eigenvalue weighted by Crippen LogP contribution is 2.16. The van der Waals surface area contributed by atoms with E-state index in [1.165, 1.54) is 11.8 Å². The standard InChI is InChI=1S/C19H26N4O.HI/c1-20-19(23-12-10-15(13-23)14-24-2)21-11-9-17-8-7-16-5-3-4-6-18(16)22-17;/h3-8,15H,9-14H2,1-2H3,(H,20,21);1H. The number of methoxy groups -OCH3 is 1. The van der Waals surface area contributed by atoms with Crippen molar-refractivity contribution in [3.8, 4) is 0 Å². The molecular weight excluding hydrogens is 427 g/mol. The summed E-state index contributed by atoms with van der Waals surface area (Å²) in [4.78, 5) is 11.5. The minimum atomic E-state index is 0. The average Bonchev–Trinajstić information content (AvgIpc) is 3.07. The van der Waals surface area contributed by atoms with E-state index in [2.05, 4.69) is 39.5 Å². The van der Waals surface area contributed by atoms with Crippen LogP contribution in [0.2, 0.25) is 0 Å². The zero-order valence-electron chi connectivity index (χ0n) is 14.9. The van der Waals surface area contributed by atoms with Crippen molar-refractivity contribution in [3.05, 3.63) is 42.1 Å². The molecule has 0 spiro atoms. The number of rotatable bonds is 5. The van der Waals surface area contributed by atoms with Gasteiger partial charge in [-0.2, -0.15) is 0 Å². The van der Waals surface area contributed by atoms with E-state index in [4.69, 9.17) is 9.72 Å². The summed E-state index contributed by atoms with van der Waals surface area (Å²) in [5, 5.41) is 4.65. The van der Waals surface area contributed by atoms with Crippen LogP contribution in [0.4, 0.5) is 0 Å². The molecule has 1 aliphatic heterocycles. The van der Waals surface area contributed by atoms with Gasteiger partial charge in [-0.1, -0.05) is 24.3 Å². The third-order valence-electron chi connectivity index (χ3n) is 4.52. The maximum atomic E-state index is 5.27. The molecule has 25 heavy (non-hydrogen) atoms. The van der Waals surface area contributed by atoms with Crippen molar-refractivity contribution in [2.45, 2.75) is 12.8 Å². The highest BCUT2D eigenvalue weighted by molar-refractivity contribution is 14.0. The fraction of sp³-hybridized carbons (Fsp3) is 0.474. The van der Waals surface area contributed by atoms with Gasteiger partial charge in [0.2, 0.25) is 0 Å². The molecule has 1 unspecified atom stereocenters. The van der Waals surface area contributed by atoms with Crippen molar-refractivity contribution in [2.24, 2.45) is 10.9 Å². The van der Waals surface area contributed by atoms with Crippen molar-refractivity contribution >= 4 is 40.8 Å². The predicted molar refractivity (Wildman–Crippen MR) is 114 cm³/mol. The van der Waals surface area contributed by atoms with Gasteiger partial charge < -0.3 is 15.0 Å². The predicted octanol–water partition coefficient (Wildman–Crippen LogP) is 2.94. The topological polar surface area (TPSA) is 49.8 Å². The number of fused-ring (bicyclic) bond motifs is 1. The molecule has 3 rings (SSSR count). The Morgan fingerprint density at radius 2 is 2.16 bits per heavy atom. The lowest BCUT2D eigenvalue weighted by atomic mass is 10.1. The fourth-order valence-corrected chi connectivity index (χ4v) is 3.28. The maximum absolute atomic E-state index is 5.27. The molecule has 0 radical (unpaired) electrons. The normalized spacial score (nSPS) is 17.6. The number of aromatic nitrogens is 1. The highest BCUT2D eigenvalue weighted by atomic mass is 127. The van der Waals surface area contributed by atoms with Crippen LogP contribution in [0.15, 0.2) is 41.4 Å². The van der Waals surface area contributed by atoms with Crippen LogP contribution in [-0.4, -0.2) is 56.2 Å². The zero-order chi connectivity index (χ0) is 16.8.